The third kappa shape index (κ3) is 5.09. The van der Waals surface area contributed by atoms with Crippen molar-refractivity contribution in [3.63, 3.8) is 0 Å². The maximum absolute atomic E-state index is 12.4. The van der Waals surface area contributed by atoms with E-state index in [1.54, 1.807) is 19.3 Å². The summed E-state index contributed by atoms with van der Waals surface area (Å²) in [6.07, 6.45) is 3.90. The van der Waals surface area contributed by atoms with Gasteiger partial charge in [0.15, 0.2) is 0 Å². The topological polar surface area (TPSA) is 75.7 Å². The van der Waals surface area contributed by atoms with E-state index in [0.717, 1.165) is 35.1 Å². The summed E-state index contributed by atoms with van der Waals surface area (Å²) in [5, 5.41) is 2.41. The van der Waals surface area contributed by atoms with E-state index in [-0.39, 0.29) is 30.1 Å². The van der Waals surface area contributed by atoms with Crippen molar-refractivity contribution in [2.45, 2.75) is 26.2 Å². The number of nitrogens with zero attached hydrogens (tertiary/aromatic N) is 1. The van der Waals surface area contributed by atoms with Crippen LogP contribution < -0.4 is 10.1 Å². The highest BCUT2D eigenvalue weighted by molar-refractivity contribution is 8.18. The summed E-state index contributed by atoms with van der Waals surface area (Å²) in [6, 6.07) is 7.29. The fourth-order valence-corrected chi connectivity index (χ4v) is 3.21. The first-order valence-corrected chi connectivity index (χ1v) is 9.03. The highest BCUT2D eigenvalue weighted by Gasteiger charge is 2.34. The minimum absolute atomic E-state index is 0.0571. The van der Waals surface area contributed by atoms with Gasteiger partial charge in [0.25, 0.3) is 11.1 Å². The van der Waals surface area contributed by atoms with Crippen molar-refractivity contribution in [1.29, 1.82) is 0 Å². The fraction of sp³-hybridized carbons (Fsp3) is 0.389. The highest BCUT2D eigenvalue weighted by atomic mass is 32.2. The standard InChI is InChI=1S/C18H22N2O4S/c1-3-4-9-16(21)19-10-11-20-17(22)15(25-18(20)23)12-13-7-5-6-8-14(13)24-2/h5-8,12H,3-4,9-11H2,1-2H3,(H,19,21)/b15-12-. The van der Waals surface area contributed by atoms with Gasteiger partial charge >= 0.3 is 0 Å². The van der Waals surface area contributed by atoms with E-state index >= 15 is 0 Å². The van der Waals surface area contributed by atoms with Crippen LogP contribution in [0.3, 0.4) is 0 Å². The first kappa shape index (κ1) is 19.1. The van der Waals surface area contributed by atoms with Crippen LogP contribution in [0, 0.1) is 0 Å². The monoisotopic (exact) mass is 362 g/mol. The summed E-state index contributed by atoms with van der Waals surface area (Å²) in [5.74, 6) is 0.236. The van der Waals surface area contributed by atoms with Crippen molar-refractivity contribution in [2.24, 2.45) is 0 Å². The third-order valence-corrected chi connectivity index (χ3v) is 4.62. The SMILES string of the molecule is CCCCC(=O)NCCN1C(=O)S/C(=C\c2ccccc2OC)C1=O. The van der Waals surface area contributed by atoms with Gasteiger partial charge < -0.3 is 10.1 Å². The molecule has 0 bridgehead atoms. The van der Waals surface area contributed by atoms with E-state index in [1.807, 2.05) is 25.1 Å². The van der Waals surface area contributed by atoms with Crippen LogP contribution in [0.15, 0.2) is 29.2 Å². The quantitative estimate of drug-likeness (QED) is 0.720. The number of carbonyl (C=O) groups excluding carboxylic acids is 3. The molecule has 1 aromatic rings. The molecule has 1 aliphatic heterocycles. The first-order chi connectivity index (χ1) is 12.1. The number of hydrogen-bond donors (Lipinski definition) is 1. The van der Waals surface area contributed by atoms with Gasteiger partial charge in [0.1, 0.15) is 5.75 Å². The molecule has 1 fully saturated rings. The number of amides is 3. The summed E-state index contributed by atoms with van der Waals surface area (Å²) < 4.78 is 5.26. The Morgan fingerprint density at radius 2 is 2.08 bits per heavy atom. The molecule has 0 aliphatic carbocycles. The van der Waals surface area contributed by atoms with Gasteiger partial charge in [0.2, 0.25) is 5.91 Å². The molecule has 2 rings (SSSR count). The van der Waals surface area contributed by atoms with Gasteiger partial charge in [0, 0.05) is 25.1 Å². The van der Waals surface area contributed by atoms with Crippen LogP contribution in [0.1, 0.15) is 31.7 Å². The van der Waals surface area contributed by atoms with E-state index in [1.165, 1.54) is 0 Å². The summed E-state index contributed by atoms with van der Waals surface area (Å²) in [6.45, 7) is 2.45. The van der Waals surface area contributed by atoms with Gasteiger partial charge in [-0.15, -0.1) is 0 Å². The van der Waals surface area contributed by atoms with Crippen LogP contribution in [0.4, 0.5) is 4.79 Å². The Bertz CT molecular complexity index is 687. The average molecular weight is 362 g/mol. The second-order valence-corrected chi connectivity index (χ2v) is 6.52. The smallest absolute Gasteiger partial charge is 0.293 e. The zero-order valence-corrected chi connectivity index (χ0v) is 15.2. The lowest BCUT2D eigenvalue weighted by Crippen LogP contribution is -2.37. The van der Waals surface area contributed by atoms with Crippen molar-refractivity contribution in [2.75, 3.05) is 20.2 Å². The molecule has 0 aromatic heterocycles. The predicted octanol–water partition coefficient (Wildman–Crippen LogP) is 3.04. The van der Waals surface area contributed by atoms with Gasteiger partial charge in [0.05, 0.1) is 12.0 Å². The highest BCUT2D eigenvalue weighted by Crippen LogP contribution is 2.33. The molecule has 1 aliphatic rings. The molecule has 1 heterocycles. The minimum Gasteiger partial charge on any atom is -0.496 e. The zero-order valence-electron chi connectivity index (χ0n) is 14.4. The number of para-hydroxylation sites is 1. The van der Waals surface area contributed by atoms with E-state index in [0.29, 0.717) is 17.1 Å². The van der Waals surface area contributed by atoms with Crippen LogP contribution in [0.2, 0.25) is 0 Å². The molecule has 1 aromatic carbocycles. The normalized spacial score (nSPS) is 15.8. The lowest BCUT2D eigenvalue weighted by molar-refractivity contribution is -0.124. The van der Waals surface area contributed by atoms with Crippen molar-refractivity contribution in [1.82, 2.24) is 10.2 Å². The molecule has 0 spiro atoms. The molecular formula is C18H22N2O4S. The summed E-state index contributed by atoms with van der Waals surface area (Å²) in [5.41, 5.74) is 0.739. The van der Waals surface area contributed by atoms with E-state index in [2.05, 4.69) is 5.32 Å². The number of unbranched alkanes of at least 4 members (excludes halogenated alkanes) is 1. The summed E-state index contributed by atoms with van der Waals surface area (Å²) in [7, 11) is 1.56. The van der Waals surface area contributed by atoms with Crippen LogP contribution in [0.5, 0.6) is 5.75 Å². The number of rotatable bonds is 8. The molecule has 0 atom stereocenters. The summed E-state index contributed by atoms with van der Waals surface area (Å²) in [4.78, 5) is 37.6. The Kier molecular flexibility index (Phi) is 7.06. The number of ether oxygens (including phenoxy) is 1. The molecule has 6 nitrogen and oxygen atoms in total. The van der Waals surface area contributed by atoms with Crippen LogP contribution in [0.25, 0.3) is 6.08 Å². The predicted molar refractivity (Wildman–Crippen MR) is 98.2 cm³/mol. The molecule has 1 N–H and O–H groups in total. The van der Waals surface area contributed by atoms with Crippen molar-refractivity contribution >= 4 is 34.9 Å². The van der Waals surface area contributed by atoms with Gasteiger partial charge in [-0.25, -0.2) is 0 Å². The summed E-state index contributed by atoms with van der Waals surface area (Å²) >= 11 is 0.899. The Hall–Kier alpha value is -2.28. The van der Waals surface area contributed by atoms with Crippen molar-refractivity contribution in [3.05, 3.63) is 34.7 Å². The van der Waals surface area contributed by atoms with Crippen LogP contribution in [-0.2, 0) is 9.59 Å². The number of hydrogen-bond acceptors (Lipinski definition) is 5. The largest absolute Gasteiger partial charge is 0.496 e. The molecule has 0 saturated carbocycles. The van der Waals surface area contributed by atoms with Gasteiger partial charge in [-0.2, -0.15) is 0 Å². The second kappa shape index (κ2) is 9.27. The number of thioether (sulfide) groups is 1. The Labute approximate surface area is 151 Å². The van der Waals surface area contributed by atoms with Crippen LogP contribution in [-0.4, -0.2) is 42.2 Å². The minimum atomic E-state index is -0.344. The number of benzene rings is 1. The average Bonchev–Trinajstić information content (AvgIpc) is 2.87. The Balaban J connectivity index is 1.97. The lowest BCUT2D eigenvalue weighted by Gasteiger charge is -2.13. The second-order valence-electron chi connectivity index (χ2n) is 5.53. The van der Waals surface area contributed by atoms with Gasteiger partial charge in [-0.1, -0.05) is 31.5 Å². The first-order valence-electron chi connectivity index (χ1n) is 8.22. The molecule has 3 amide bonds. The molecule has 134 valence electrons. The fourth-order valence-electron chi connectivity index (χ4n) is 2.35. The molecule has 1 saturated heterocycles. The Morgan fingerprint density at radius 3 is 2.80 bits per heavy atom. The Morgan fingerprint density at radius 1 is 1.32 bits per heavy atom. The number of carbonyl (C=O) groups is 3. The number of methoxy groups -OCH3 is 1. The molecular weight excluding hydrogens is 340 g/mol. The number of imide groups is 1. The third-order valence-electron chi connectivity index (χ3n) is 3.71. The van der Waals surface area contributed by atoms with Crippen molar-refractivity contribution in [3.8, 4) is 5.75 Å². The molecule has 0 unspecified atom stereocenters. The van der Waals surface area contributed by atoms with Gasteiger partial charge in [-0.3, -0.25) is 19.3 Å². The molecule has 0 radical (unpaired) electrons. The maximum Gasteiger partial charge on any atom is 0.293 e. The van der Waals surface area contributed by atoms with Crippen LogP contribution >= 0.6 is 11.8 Å². The maximum atomic E-state index is 12.4. The van der Waals surface area contributed by atoms with E-state index < -0.39 is 0 Å². The lowest BCUT2D eigenvalue weighted by atomic mass is 10.2. The van der Waals surface area contributed by atoms with E-state index in [9.17, 15) is 14.4 Å². The van der Waals surface area contributed by atoms with Crippen molar-refractivity contribution < 1.29 is 19.1 Å². The molecule has 25 heavy (non-hydrogen) atoms. The molecule has 7 heteroatoms. The zero-order chi connectivity index (χ0) is 18.2. The van der Waals surface area contributed by atoms with Gasteiger partial charge in [-0.05, 0) is 30.3 Å². The number of nitrogens with one attached hydrogen (secondary N) is 1. The van der Waals surface area contributed by atoms with E-state index in [4.69, 9.17) is 4.74 Å².